The van der Waals surface area contributed by atoms with Crippen molar-refractivity contribution in [3.63, 3.8) is 0 Å². The predicted octanol–water partition coefficient (Wildman–Crippen LogP) is -0.683. The summed E-state index contributed by atoms with van der Waals surface area (Å²) in [5.41, 5.74) is 1.26. The van der Waals surface area contributed by atoms with Crippen LogP contribution >= 0.6 is 0 Å². The fourth-order valence-corrected chi connectivity index (χ4v) is 2.18. The molecule has 0 amide bonds. The SMILES string of the molecule is O=C(O)C(=O)O.OCC(O)CN1CCN(c2ccccc2)CC1. The van der Waals surface area contributed by atoms with E-state index in [4.69, 9.17) is 24.9 Å². The summed E-state index contributed by atoms with van der Waals surface area (Å²) in [7, 11) is 0. The van der Waals surface area contributed by atoms with Crippen LogP contribution in [-0.2, 0) is 9.59 Å². The number of para-hydroxylation sites is 1. The van der Waals surface area contributed by atoms with Crippen molar-refractivity contribution in [1.29, 1.82) is 0 Å². The summed E-state index contributed by atoms with van der Waals surface area (Å²) in [6.45, 7) is 4.24. The topological polar surface area (TPSA) is 122 Å². The first kappa shape index (κ1) is 18.9. The van der Waals surface area contributed by atoms with Gasteiger partial charge in [0.15, 0.2) is 0 Å². The van der Waals surface area contributed by atoms with Gasteiger partial charge in [-0.05, 0) is 12.1 Å². The molecule has 23 heavy (non-hydrogen) atoms. The zero-order chi connectivity index (χ0) is 17.2. The van der Waals surface area contributed by atoms with Crippen molar-refractivity contribution in [2.75, 3.05) is 44.2 Å². The van der Waals surface area contributed by atoms with Gasteiger partial charge in [-0.15, -0.1) is 0 Å². The molecule has 0 aromatic heterocycles. The number of β-amino-alcohol motifs (C(OH)–C–C–N with tert-alkyl or cyclic N) is 1. The number of hydrogen-bond acceptors (Lipinski definition) is 6. The van der Waals surface area contributed by atoms with Gasteiger partial charge in [0, 0.05) is 38.4 Å². The molecular weight excluding hydrogens is 304 g/mol. The molecule has 1 aliphatic rings. The summed E-state index contributed by atoms with van der Waals surface area (Å²) in [4.78, 5) is 22.7. The highest BCUT2D eigenvalue weighted by Crippen LogP contribution is 2.15. The first-order chi connectivity index (χ1) is 10.9. The molecule has 0 bridgehead atoms. The van der Waals surface area contributed by atoms with E-state index in [9.17, 15) is 5.11 Å². The molecule has 1 fully saturated rings. The molecule has 1 aliphatic heterocycles. The fraction of sp³-hybridized carbons (Fsp3) is 0.467. The van der Waals surface area contributed by atoms with E-state index in [0.717, 1.165) is 26.2 Å². The number of aliphatic hydroxyl groups excluding tert-OH is 2. The third-order valence-corrected chi connectivity index (χ3v) is 3.36. The Bertz CT molecular complexity index is 476. The van der Waals surface area contributed by atoms with Crippen LogP contribution in [-0.4, -0.2) is 82.7 Å². The van der Waals surface area contributed by atoms with Crippen LogP contribution in [0.4, 0.5) is 5.69 Å². The normalized spacial score (nSPS) is 16.2. The molecule has 1 atom stereocenters. The summed E-state index contributed by atoms with van der Waals surface area (Å²) in [6, 6.07) is 10.4. The summed E-state index contributed by atoms with van der Waals surface area (Å²) in [5, 5.41) is 33.0. The van der Waals surface area contributed by atoms with Crippen molar-refractivity contribution in [3.8, 4) is 0 Å². The average molecular weight is 326 g/mol. The summed E-state index contributed by atoms with van der Waals surface area (Å²) < 4.78 is 0. The van der Waals surface area contributed by atoms with Crippen LogP contribution in [0.5, 0.6) is 0 Å². The van der Waals surface area contributed by atoms with Crippen LogP contribution < -0.4 is 4.90 Å². The third-order valence-electron chi connectivity index (χ3n) is 3.36. The molecule has 1 aromatic carbocycles. The van der Waals surface area contributed by atoms with Crippen LogP contribution in [0.15, 0.2) is 30.3 Å². The van der Waals surface area contributed by atoms with E-state index in [1.807, 2.05) is 6.07 Å². The molecule has 128 valence electrons. The maximum absolute atomic E-state index is 9.39. The van der Waals surface area contributed by atoms with Crippen LogP contribution in [0.25, 0.3) is 0 Å². The highest BCUT2D eigenvalue weighted by Gasteiger charge is 2.18. The highest BCUT2D eigenvalue weighted by molar-refractivity contribution is 6.27. The molecular formula is C15H22N2O6. The van der Waals surface area contributed by atoms with Crippen LogP contribution in [0.2, 0.25) is 0 Å². The maximum Gasteiger partial charge on any atom is 0.414 e. The van der Waals surface area contributed by atoms with Crippen molar-refractivity contribution < 1.29 is 30.0 Å². The minimum atomic E-state index is -1.82. The zero-order valence-corrected chi connectivity index (χ0v) is 12.7. The predicted molar refractivity (Wildman–Crippen MR) is 83.5 cm³/mol. The number of aliphatic hydroxyl groups is 2. The number of hydrogen-bond donors (Lipinski definition) is 4. The Hall–Kier alpha value is -2.16. The number of aliphatic carboxylic acids is 2. The molecule has 1 aromatic rings. The van der Waals surface area contributed by atoms with Crippen molar-refractivity contribution in [2.45, 2.75) is 6.10 Å². The lowest BCUT2D eigenvalue weighted by atomic mass is 10.2. The molecule has 0 aliphatic carbocycles. The van der Waals surface area contributed by atoms with Gasteiger partial charge in [-0.1, -0.05) is 18.2 Å². The van der Waals surface area contributed by atoms with Crippen molar-refractivity contribution in [1.82, 2.24) is 4.90 Å². The lowest BCUT2D eigenvalue weighted by Gasteiger charge is -2.36. The molecule has 0 saturated carbocycles. The van der Waals surface area contributed by atoms with Gasteiger partial charge in [0.1, 0.15) is 0 Å². The van der Waals surface area contributed by atoms with Crippen molar-refractivity contribution in [2.24, 2.45) is 0 Å². The van der Waals surface area contributed by atoms with Gasteiger partial charge in [-0.2, -0.15) is 0 Å². The first-order valence-corrected chi connectivity index (χ1v) is 7.21. The Balaban J connectivity index is 0.000000379. The standard InChI is InChI=1S/C13H20N2O2.C2H2O4/c16-11-13(17)10-14-6-8-15(9-7-14)12-4-2-1-3-5-12;3-1(4)2(5)6/h1-5,13,16-17H,6-11H2;(H,3,4)(H,5,6). The van der Waals surface area contributed by atoms with E-state index in [1.54, 1.807) is 0 Å². The molecule has 8 nitrogen and oxygen atoms in total. The first-order valence-electron chi connectivity index (χ1n) is 7.21. The van der Waals surface area contributed by atoms with Gasteiger partial charge in [0.25, 0.3) is 0 Å². The van der Waals surface area contributed by atoms with E-state index < -0.39 is 18.0 Å². The Labute approximate surface area is 134 Å². The molecule has 1 heterocycles. The van der Waals surface area contributed by atoms with E-state index in [1.165, 1.54) is 5.69 Å². The number of carboxylic acid groups (broad SMARTS) is 2. The minimum Gasteiger partial charge on any atom is -0.473 e. The van der Waals surface area contributed by atoms with Crippen molar-refractivity contribution >= 4 is 17.6 Å². The number of piperazine rings is 1. The number of carboxylic acids is 2. The maximum atomic E-state index is 9.39. The largest absolute Gasteiger partial charge is 0.473 e. The highest BCUT2D eigenvalue weighted by atomic mass is 16.4. The fourth-order valence-electron chi connectivity index (χ4n) is 2.18. The van der Waals surface area contributed by atoms with Gasteiger partial charge >= 0.3 is 11.9 Å². The zero-order valence-electron chi connectivity index (χ0n) is 12.7. The van der Waals surface area contributed by atoms with Gasteiger partial charge in [-0.25, -0.2) is 9.59 Å². The number of carbonyl (C=O) groups is 2. The van der Waals surface area contributed by atoms with Crippen LogP contribution in [0.3, 0.4) is 0 Å². The second kappa shape index (κ2) is 9.78. The number of benzene rings is 1. The molecule has 0 radical (unpaired) electrons. The number of rotatable bonds is 4. The summed E-state index contributed by atoms with van der Waals surface area (Å²) >= 11 is 0. The van der Waals surface area contributed by atoms with Gasteiger partial charge in [0.2, 0.25) is 0 Å². The van der Waals surface area contributed by atoms with Crippen molar-refractivity contribution in [3.05, 3.63) is 30.3 Å². The smallest absolute Gasteiger partial charge is 0.414 e. The van der Waals surface area contributed by atoms with Gasteiger partial charge in [-0.3, -0.25) is 4.90 Å². The molecule has 2 rings (SSSR count). The van der Waals surface area contributed by atoms with Crippen LogP contribution in [0.1, 0.15) is 0 Å². The minimum absolute atomic E-state index is 0.154. The van der Waals surface area contributed by atoms with E-state index >= 15 is 0 Å². The Morgan fingerprint density at radius 2 is 1.52 bits per heavy atom. The quantitative estimate of drug-likeness (QED) is 0.537. The average Bonchev–Trinajstić information content (AvgIpc) is 2.56. The Kier molecular flexibility index (Phi) is 8.03. The van der Waals surface area contributed by atoms with Crippen LogP contribution in [0, 0.1) is 0 Å². The van der Waals surface area contributed by atoms with Gasteiger partial charge < -0.3 is 25.3 Å². The van der Waals surface area contributed by atoms with E-state index in [-0.39, 0.29) is 6.61 Å². The summed E-state index contributed by atoms with van der Waals surface area (Å²) in [6.07, 6.45) is -0.613. The molecule has 1 saturated heterocycles. The number of anilines is 1. The lowest BCUT2D eigenvalue weighted by molar-refractivity contribution is -0.159. The second-order valence-electron chi connectivity index (χ2n) is 5.07. The van der Waals surface area contributed by atoms with Gasteiger partial charge in [0.05, 0.1) is 12.7 Å². The molecule has 4 N–H and O–H groups in total. The lowest BCUT2D eigenvalue weighted by Crippen LogP contribution is -2.49. The monoisotopic (exact) mass is 326 g/mol. The second-order valence-corrected chi connectivity index (χ2v) is 5.07. The third kappa shape index (κ3) is 7.09. The Morgan fingerprint density at radius 1 is 1.00 bits per heavy atom. The van der Waals surface area contributed by atoms with E-state index in [0.29, 0.717) is 6.54 Å². The molecule has 0 spiro atoms. The Morgan fingerprint density at radius 3 is 1.96 bits per heavy atom. The van der Waals surface area contributed by atoms with E-state index in [2.05, 4.69) is 34.1 Å². The summed E-state index contributed by atoms with van der Waals surface area (Å²) in [5.74, 6) is -3.65. The number of nitrogens with zero attached hydrogens (tertiary/aromatic N) is 2. The molecule has 1 unspecified atom stereocenters. The molecule has 8 heteroatoms.